The minimum Gasteiger partial charge on any atom is -0.384 e. The van der Waals surface area contributed by atoms with Gasteiger partial charge < -0.3 is 9.64 Å². The highest BCUT2D eigenvalue weighted by molar-refractivity contribution is 6.30. The maximum atomic E-state index is 11.5. The van der Waals surface area contributed by atoms with Gasteiger partial charge in [0.25, 0.3) is 0 Å². The van der Waals surface area contributed by atoms with Crippen molar-refractivity contribution < 1.29 is 9.53 Å². The Labute approximate surface area is 90.4 Å². The molecule has 0 aromatic carbocycles. The molecule has 0 bridgehead atoms. The number of nitrogens with zero attached hydrogens (tertiary/aromatic N) is 1. The van der Waals surface area contributed by atoms with E-state index in [2.05, 4.69) is 0 Å². The van der Waals surface area contributed by atoms with Gasteiger partial charge in [0, 0.05) is 26.8 Å². The number of alkyl halides is 1. The van der Waals surface area contributed by atoms with Gasteiger partial charge in [-0.3, -0.25) is 4.79 Å². The number of hydrogen-bond acceptors (Lipinski definition) is 2. The molecule has 0 saturated carbocycles. The number of carbonyl (C=O) groups is 1. The predicted octanol–water partition coefficient (Wildman–Crippen LogP) is 1.50. The van der Waals surface area contributed by atoms with Gasteiger partial charge in [-0.05, 0) is 25.7 Å². The van der Waals surface area contributed by atoms with Crippen molar-refractivity contribution in [1.82, 2.24) is 4.90 Å². The number of piperidine rings is 1. The Morgan fingerprint density at radius 1 is 1.57 bits per heavy atom. The Bertz CT molecular complexity index is 189. The smallest absolute Gasteiger partial charge is 0.240 e. The summed E-state index contributed by atoms with van der Waals surface area (Å²) < 4.78 is 5.09. The Kier molecular flexibility index (Phi) is 4.69. The molecule has 0 aliphatic carbocycles. The van der Waals surface area contributed by atoms with Gasteiger partial charge in [-0.2, -0.15) is 0 Å². The summed E-state index contributed by atoms with van der Waals surface area (Å²) in [6.07, 6.45) is 2.06. The van der Waals surface area contributed by atoms with Crippen LogP contribution in [0.15, 0.2) is 0 Å². The van der Waals surface area contributed by atoms with Crippen molar-refractivity contribution in [2.24, 2.45) is 5.92 Å². The van der Waals surface area contributed by atoms with Gasteiger partial charge in [-0.25, -0.2) is 0 Å². The largest absolute Gasteiger partial charge is 0.384 e. The van der Waals surface area contributed by atoms with Crippen LogP contribution in [0, 0.1) is 5.92 Å². The highest BCUT2D eigenvalue weighted by Crippen LogP contribution is 2.18. The van der Waals surface area contributed by atoms with Crippen molar-refractivity contribution in [1.29, 1.82) is 0 Å². The standard InChI is InChI=1S/C10H18ClNO2/c1-8(11)10(13)12-5-3-9(4-6-12)7-14-2/h8-9H,3-7H2,1-2H3/t8-/m1/s1. The van der Waals surface area contributed by atoms with Crippen LogP contribution in [-0.4, -0.2) is 43.0 Å². The van der Waals surface area contributed by atoms with Gasteiger partial charge in [0.2, 0.25) is 5.91 Å². The minimum absolute atomic E-state index is 0.0579. The molecule has 1 aliphatic rings. The Morgan fingerprint density at radius 2 is 2.14 bits per heavy atom. The van der Waals surface area contributed by atoms with E-state index in [0.717, 1.165) is 32.5 Å². The quantitative estimate of drug-likeness (QED) is 0.674. The number of rotatable bonds is 3. The van der Waals surface area contributed by atoms with Crippen LogP contribution in [0.4, 0.5) is 0 Å². The van der Waals surface area contributed by atoms with Crippen LogP contribution in [0.5, 0.6) is 0 Å². The van der Waals surface area contributed by atoms with E-state index in [1.165, 1.54) is 0 Å². The molecule has 0 unspecified atom stereocenters. The number of amides is 1. The molecular weight excluding hydrogens is 202 g/mol. The third-order valence-electron chi connectivity index (χ3n) is 2.67. The monoisotopic (exact) mass is 219 g/mol. The summed E-state index contributed by atoms with van der Waals surface area (Å²) in [6.45, 7) is 4.18. The molecule has 0 spiro atoms. The number of methoxy groups -OCH3 is 1. The van der Waals surface area contributed by atoms with E-state index >= 15 is 0 Å². The zero-order valence-electron chi connectivity index (χ0n) is 8.83. The van der Waals surface area contributed by atoms with Crippen LogP contribution in [-0.2, 0) is 9.53 Å². The summed E-state index contributed by atoms with van der Waals surface area (Å²) in [5, 5.41) is -0.394. The van der Waals surface area contributed by atoms with E-state index in [4.69, 9.17) is 16.3 Å². The van der Waals surface area contributed by atoms with Crippen molar-refractivity contribution in [2.45, 2.75) is 25.1 Å². The summed E-state index contributed by atoms with van der Waals surface area (Å²) in [5.41, 5.74) is 0. The SMILES string of the molecule is COCC1CCN(C(=O)[C@@H](C)Cl)CC1. The topological polar surface area (TPSA) is 29.5 Å². The van der Waals surface area contributed by atoms with E-state index in [0.29, 0.717) is 5.92 Å². The minimum atomic E-state index is -0.394. The highest BCUT2D eigenvalue weighted by atomic mass is 35.5. The molecule has 1 aliphatic heterocycles. The Morgan fingerprint density at radius 3 is 2.57 bits per heavy atom. The van der Waals surface area contributed by atoms with Gasteiger partial charge in [0.15, 0.2) is 0 Å². The molecule has 0 N–H and O–H groups in total. The van der Waals surface area contributed by atoms with E-state index in [9.17, 15) is 4.79 Å². The molecule has 0 aromatic heterocycles. The second-order valence-corrected chi connectivity index (χ2v) is 4.49. The second kappa shape index (κ2) is 5.56. The van der Waals surface area contributed by atoms with E-state index in [1.807, 2.05) is 4.90 Å². The number of likely N-dealkylation sites (tertiary alicyclic amines) is 1. The summed E-state index contributed by atoms with van der Waals surface area (Å²) in [4.78, 5) is 13.4. The fourth-order valence-electron chi connectivity index (χ4n) is 1.81. The zero-order valence-corrected chi connectivity index (χ0v) is 9.59. The van der Waals surface area contributed by atoms with Gasteiger partial charge in [0.05, 0.1) is 0 Å². The first-order chi connectivity index (χ1) is 6.65. The Balaban J connectivity index is 2.32. The maximum Gasteiger partial charge on any atom is 0.240 e. The lowest BCUT2D eigenvalue weighted by atomic mass is 9.97. The number of ether oxygens (including phenoxy) is 1. The van der Waals surface area contributed by atoms with Gasteiger partial charge in [-0.15, -0.1) is 11.6 Å². The first-order valence-electron chi connectivity index (χ1n) is 5.07. The van der Waals surface area contributed by atoms with Crippen molar-refractivity contribution >= 4 is 17.5 Å². The predicted molar refractivity (Wildman–Crippen MR) is 56.5 cm³/mol. The average molecular weight is 220 g/mol. The van der Waals surface area contributed by atoms with E-state index in [1.54, 1.807) is 14.0 Å². The third kappa shape index (κ3) is 3.14. The van der Waals surface area contributed by atoms with Crippen LogP contribution < -0.4 is 0 Å². The lowest BCUT2D eigenvalue weighted by Gasteiger charge is -2.32. The molecular formula is C10H18ClNO2. The molecule has 0 radical (unpaired) electrons. The number of halogens is 1. The maximum absolute atomic E-state index is 11.5. The van der Waals surface area contributed by atoms with Crippen LogP contribution in [0.3, 0.4) is 0 Å². The normalized spacial score (nSPS) is 20.9. The van der Waals surface area contributed by atoms with Crippen LogP contribution >= 0.6 is 11.6 Å². The first kappa shape index (κ1) is 11.8. The van der Waals surface area contributed by atoms with Crippen LogP contribution in [0.25, 0.3) is 0 Å². The van der Waals surface area contributed by atoms with Gasteiger partial charge >= 0.3 is 0 Å². The molecule has 0 aromatic rings. The van der Waals surface area contributed by atoms with Gasteiger partial charge in [0.1, 0.15) is 5.38 Å². The van der Waals surface area contributed by atoms with Crippen LogP contribution in [0.1, 0.15) is 19.8 Å². The molecule has 3 nitrogen and oxygen atoms in total. The summed E-state index contributed by atoms with van der Waals surface area (Å²) in [5.74, 6) is 0.664. The van der Waals surface area contributed by atoms with E-state index in [-0.39, 0.29) is 5.91 Å². The molecule has 14 heavy (non-hydrogen) atoms. The Hall–Kier alpha value is -0.280. The van der Waals surface area contributed by atoms with Gasteiger partial charge in [-0.1, -0.05) is 0 Å². The summed E-state index contributed by atoms with van der Waals surface area (Å²) >= 11 is 5.74. The molecule has 1 saturated heterocycles. The average Bonchev–Trinajstić information content (AvgIpc) is 2.18. The zero-order chi connectivity index (χ0) is 10.6. The number of hydrogen-bond donors (Lipinski definition) is 0. The molecule has 4 heteroatoms. The van der Waals surface area contributed by atoms with Crippen LogP contribution in [0.2, 0.25) is 0 Å². The molecule has 1 amide bonds. The molecule has 1 atom stereocenters. The van der Waals surface area contributed by atoms with Crippen molar-refractivity contribution in [2.75, 3.05) is 26.8 Å². The summed E-state index contributed by atoms with van der Waals surface area (Å²) in [6, 6.07) is 0. The molecule has 1 rings (SSSR count). The molecule has 1 heterocycles. The van der Waals surface area contributed by atoms with Crippen molar-refractivity contribution in [3.63, 3.8) is 0 Å². The highest BCUT2D eigenvalue weighted by Gasteiger charge is 2.24. The fraction of sp³-hybridized carbons (Fsp3) is 0.900. The van der Waals surface area contributed by atoms with Crippen molar-refractivity contribution in [3.05, 3.63) is 0 Å². The fourth-order valence-corrected chi connectivity index (χ4v) is 1.95. The molecule has 82 valence electrons. The molecule has 1 fully saturated rings. The lowest BCUT2D eigenvalue weighted by Crippen LogP contribution is -2.42. The van der Waals surface area contributed by atoms with E-state index < -0.39 is 5.38 Å². The summed E-state index contributed by atoms with van der Waals surface area (Å²) in [7, 11) is 1.72. The number of carbonyl (C=O) groups excluding carboxylic acids is 1. The second-order valence-electron chi connectivity index (χ2n) is 3.84. The lowest BCUT2D eigenvalue weighted by molar-refractivity contribution is -0.132. The third-order valence-corrected chi connectivity index (χ3v) is 2.86. The van der Waals surface area contributed by atoms with Crippen molar-refractivity contribution in [3.8, 4) is 0 Å². The first-order valence-corrected chi connectivity index (χ1v) is 5.50.